The number of ether oxygens (including phenoxy) is 2. The van der Waals surface area contributed by atoms with Gasteiger partial charge in [0.25, 0.3) is 0 Å². The van der Waals surface area contributed by atoms with E-state index in [4.69, 9.17) is 32.7 Å². The van der Waals surface area contributed by atoms with E-state index in [1.54, 1.807) is 54.3 Å². The normalized spacial score (nSPS) is 11.8. The summed E-state index contributed by atoms with van der Waals surface area (Å²) in [5.41, 5.74) is 1.39. The number of halogens is 2. The summed E-state index contributed by atoms with van der Waals surface area (Å²) in [6.45, 7) is 2.32. The summed E-state index contributed by atoms with van der Waals surface area (Å²) in [4.78, 5) is 21.8. The summed E-state index contributed by atoms with van der Waals surface area (Å²) in [6, 6.07) is 14.2. The number of aryl methyl sites for hydroxylation is 1. The number of rotatable bonds is 8. The van der Waals surface area contributed by atoms with Crippen LogP contribution in [-0.4, -0.2) is 25.7 Å². The zero-order valence-electron chi connectivity index (χ0n) is 16.9. The number of benzene rings is 2. The number of hydrogen-bond donors (Lipinski definition) is 0. The van der Waals surface area contributed by atoms with Crippen LogP contribution >= 0.6 is 34.5 Å². The Morgan fingerprint density at radius 1 is 1.09 bits per heavy atom. The lowest BCUT2D eigenvalue weighted by atomic mass is 10.1. The van der Waals surface area contributed by atoms with Crippen molar-refractivity contribution in [1.29, 1.82) is 0 Å². The predicted molar refractivity (Wildman–Crippen MR) is 122 cm³/mol. The summed E-state index contributed by atoms with van der Waals surface area (Å²) in [5, 5.41) is 6.02. The van der Waals surface area contributed by atoms with Gasteiger partial charge in [-0.05, 0) is 48.9 Å². The monoisotopic (exact) mass is 488 g/mol. The summed E-state index contributed by atoms with van der Waals surface area (Å²) < 4.78 is 13.2. The fraction of sp³-hybridized carbons (Fsp3) is 0.182. The van der Waals surface area contributed by atoms with E-state index in [0.717, 1.165) is 5.56 Å². The first-order valence-corrected chi connectivity index (χ1v) is 11.2. The molecule has 2 heterocycles. The van der Waals surface area contributed by atoms with Crippen molar-refractivity contribution in [3.63, 3.8) is 0 Å². The number of hydrogen-bond acceptors (Lipinski definition) is 7. The van der Waals surface area contributed by atoms with E-state index in [9.17, 15) is 4.79 Å². The Morgan fingerprint density at radius 2 is 1.78 bits per heavy atom. The molecule has 4 rings (SSSR count). The average molecular weight is 489 g/mol. The van der Waals surface area contributed by atoms with Gasteiger partial charge in [0.1, 0.15) is 41.0 Å². The molecule has 0 aliphatic carbocycles. The van der Waals surface area contributed by atoms with Crippen LogP contribution in [0.2, 0.25) is 10.0 Å². The molecule has 2 aromatic carbocycles. The highest BCUT2D eigenvalue weighted by Gasteiger charge is 2.23. The Bertz CT molecular complexity index is 1180. The lowest BCUT2D eigenvalue weighted by Crippen LogP contribution is -2.17. The van der Waals surface area contributed by atoms with Gasteiger partial charge in [-0.1, -0.05) is 35.3 Å². The number of nitrogens with zero attached hydrogens (tertiary/aromatic N) is 4. The number of carbonyl (C=O) groups is 1. The van der Waals surface area contributed by atoms with Crippen molar-refractivity contribution < 1.29 is 14.3 Å². The van der Waals surface area contributed by atoms with Gasteiger partial charge >= 0.3 is 5.97 Å². The molecule has 0 spiro atoms. The molecular formula is C22H18Cl2N4O3S. The van der Waals surface area contributed by atoms with E-state index in [2.05, 4.69) is 15.1 Å². The first-order valence-electron chi connectivity index (χ1n) is 9.61. The number of esters is 1. The minimum Gasteiger partial charge on any atom is -0.486 e. The summed E-state index contributed by atoms with van der Waals surface area (Å²) in [5.74, 6) is 0.208. The van der Waals surface area contributed by atoms with Crippen LogP contribution in [0.3, 0.4) is 0 Å². The van der Waals surface area contributed by atoms with Gasteiger partial charge in [-0.3, -0.25) is 0 Å². The van der Waals surface area contributed by atoms with Crippen molar-refractivity contribution in [1.82, 2.24) is 19.7 Å². The fourth-order valence-corrected chi connectivity index (χ4v) is 4.06. The second kappa shape index (κ2) is 10.1. The van der Waals surface area contributed by atoms with Crippen molar-refractivity contribution in [2.24, 2.45) is 0 Å². The second-order valence-corrected chi connectivity index (χ2v) is 8.78. The minimum atomic E-state index is -0.572. The van der Waals surface area contributed by atoms with E-state index in [1.807, 2.05) is 12.1 Å². The SMILES string of the molecule is Cc1nc(COc2ccc(Cl)cc2)sc1C(=O)OC(Cn1cncn1)c1ccc(Cl)cc1. The maximum Gasteiger partial charge on any atom is 0.350 e. The van der Waals surface area contributed by atoms with Crippen LogP contribution in [0.5, 0.6) is 5.75 Å². The second-order valence-electron chi connectivity index (χ2n) is 6.83. The highest BCUT2D eigenvalue weighted by molar-refractivity contribution is 7.13. The molecule has 2 aromatic heterocycles. The van der Waals surface area contributed by atoms with Gasteiger partial charge in [-0.25, -0.2) is 19.4 Å². The molecule has 0 saturated carbocycles. The Balaban J connectivity index is 1.47. The lowest BCUT2D eigenvalue weighted by Gasteiger charge is -2.18. The van der Waals surface area contributed by atoms with E-state index < -0.39 is 12.1 Å². The molecule has 0 saturated heterocycles. The first kappa shape index (κ1) is 22.3. The van der Waals surface area contributed by atoms with Crippen LogP contribution in [0.15, 0.2) is 61.2 Å². The Labute approximate surface area is 198 Å². The molecule has 0 amide bonds. The van der Waals surface area contributed by atoms with E-state index in [1.165, 1.54) is 17.7 Å². The topological polar surface area (TPSA) is 79.1 Å². The molecular weight excluding hydrogens is 471 g/mol. The molecule has 0 radical (unpaired) electrons. The molecule has 0 aliphatic rings. The largest absolute Gasteiger partial charge is 0.486 e. The summed E-state index contributed by atoms with van der Waals surface area (Å²) >= 11 is 13.1. The number of thiazole rings is 1. The van der Waals surface area contributed by atoms with Crippen LogP contribution in [-0.2, 0) is 17.9 Å². The van der Waals surface area contributed by atoms with E-state index >= 15 is 0 Å². The fourth-order valence-electron chi connectivity index (χ4n) is 2.95. The third-order valence-corrected chi connectivity index (χ3v) is 6.13. The van der Waals surface area contributed by atoms with Gasteiger partial charge < -0.3 is 9.47 Å². The van der Waals surface area contributed by atoms with Crippen molar-refractivity contribution >= 4 is 40.5 Å². The quantitative estimate of drug-likeness (QED) is 0.303. The Morgan fingerprint density at radius 3 is 2.44 bits per heavy atom. The molecule has 1 atom stereocenters. The maximum atomic E-state index is 13.0. The molecule has 0 fully saturated rings. The minimum absolute atomic E-state index is 0.236. The number of carbonyl (C=O) groups excluding carboxylic acids is 1. The third-order valence-electron chi connectivity index (χ3n) is 4.51. The average Bonchev–Trinajstić information content (AvgIpc) is 3.43. The van der Waals surface area contributed by atoms with Gasteiger partial charge in [0, 0.05) is 10.0 Å². The number of aromatic nitrogens is 4. The van der Waals surface area contributed by atoms with Crippen LogP contribution in [0, 0.1) is 6.92 Å². The predicted octanol–water partition coefficient (Wildman–Crippen LogP) is 5.53. The third kappa shape index (κ3) is 5.64. The maximum absolute atomic E-state index is 13.0. The Kier molecular flexibility index (Phi) is 7.04. The smallest absolute Gasteiger partial charge is 0.350 e. The van der Waals surface area contributed by atoms with Crippen LogP contribution in [0.4, 0.5) is 0 Å². The van der Waals surface area contributed by atoms with Crippen LogP contribution in [0.25, 0.3) is 0 Å². The zero-order valence-corrected chi connectivity index (χ0v) is 19.3. The Hall–Kier alpha value is -2.94. The van der Waals surface area contributed by atoms with Crippen LogP contribution < -0.4 is 4.74 Å². The molecule has 32 heavy (non-hydrogen) atoms. The van der Waals surface area contributed by atoms with Gasteiger partial charge in [0.2, 0.25) is 0 Å². The molecule has 7 nitrogen and oxygen atoms in total. The van der Waals surface area contributed by atoms with Gasteiger partial charge in [-0.2, -0.15) is 5.10 Å². The van der Waals surface area contributed by atoms with E-state index in [0.29, 0.717) is 37.9 Å². The molecule has 164 valence electrons. The summed E-state index contributed by atoms with van der Waals surface area (Å²) in [7, 11) is 0. The summed E-state index contributed by atoms with van der Waals surface area (Å²) in [6.07, 6.45) is 2.43. The van der Waals surface area contributed by atoms with E-state index in [-0.39, 0.29) is 6.61 Å². The van der Waals surface area contributed by atoms with Crippen LogP contribution in [0.1, 0.15) is 32.0 Å². The molecule has 4 aromatic rings. The van der Waals surface area contributed by atoms with Gasteiger partial charge in [-0.15, -0.1) is 11.3 Å². The molecule has 0 aliphatic heterocycles. The van der Waals surface area contributed by atoms with Gasteiger partial charge in [0.15, 0.2) is 0 Å². The molecule has 0 N–H and O–H groups in total. The zero-order chi connectivity index (χ0) is 22.5. The molecule has 0 bridgehead atoms. The molecule has 10 heteroatoms. The lowest BCUT2D eigenvalue weighted by molar-refractivity contribution is 0.0251. The molecule has 1 unspecified atom stereocenters. The highest BCUT2D eigenvalue weighted by atomic mass is 35.5. The van der Waals surface area contributed by atoms with Crippen molar-refractivity contribution in [2.45, 2.75) is 26.2 Å². The standard InChI is InChI=1S/C22H18Cl2N4O3S/c1-14-21(32-20(27-14)11-30-18-8-6-17(24)7-9-18)22(29)31-19(10-28-13-25-12-26-28)15-2-4-16(23)5-3-15/h2-9,12-13,19H,10-11H2,1H3. The highest BCUT2D eigenvalue weighted by Crippen LogP contribution is 2.27. The van der Waals surface area contributed by atoms with Crippen molar-refractivity contribution in [2.75, 3.05) is 0 Å². The van der Waals surface area contributed by atoms with Gasteiger partial charge in [0.05, 0.1) is 12.2 Å². The first-order chi connectivity index (χ1) is 15.5. The van der Waals surface area contributed by atoms with Crippen molar-refractivity contribution in [3.8, 4) is 5.75 Å². The van der Waals surface area contributed by atoms with Crippen molar-refractivity contribution in [3.05, 3.63) is 92.4 Å².